The molecule has 2 amide bonds. The van der Waals surface area contributed by atoms with Crippen LogP contribution in [0.1, 0.15) is 21.7 Å². The van der Waals surface area contributed by atoms with Crippen LogP contribution in [-0.2, 0) is 27.4 Å². The summed E-state index contributed by atoms with van der Waals surface area (Å²) in [4.78, 5) is 43.0. The lowest BCUT2D eigenvalue weighted by Gasteiger charge is -2.26. The van der Waals surface area contributed by atoms with Crippen molar-refractivity contribution >= 4 is 40.3 Å². The van der Waals surface area contributed by atoms with Crippen LogP contribution in [-0.4, -0.2) is 74.5 Å². The third-order valence-electron chi connectivity index (χ3n) is 5.98. The van der Waals surface area contributed by atoms with Crippen LogP contribution in [0, 0.1) is 12.7 Å². The molecule has 0 spiro atoms. The van der Waals surface area contributed by atoms with Crippen LogP contribution in [0.15, 0.2) is 30.5 Å². The van der Waals surface area contributed by atoms with Crippen LogP contribution in [0.4, 0.5) is 8.78 Å². The van der Waals surface area contributed by atoms with Gasteiger partial charge in [-0.15, -0.1) is 0 Å². The molecule has 0 radical (unpaired) electrons. The number of hydrogen-bond donors (Lipinski definition) is 2. The third kappa shape index (κ3) is 4.73. The molecule has 1 aliphatic rings. The number of ether oxygens (including phenoxy) is 1. The Balaban J connectivity index is 1.58. The molecular formula is C23H22ClF2N5O5. The zero-order valence-corrected chi connectivity index (χ0v) is 20.0. The van der Waals surface area contributed by atoms with Gasteiger partial charge in [-0.3, -0.25) is 19.3 Å². The SMILES string of the molecule is CO[C@H]1[C@@H](C(=O)NCc2cccc(Cl)c2F)N(C(=O)Cn2nc(C(=O)O)c3cc(C)ncc32)C[C@@H]1F. The van der Waals surface area contributed by atoms with Crippen LogP contribution < -0.4 is 5.32 Å². The largest absolute Gasteiger partial charge is 0.476 e. The van der Waals surface area contributed by atoms with Crippen molar-refractivity contribution in [3.05, 3.63) is 58.3 Å². The number of fused-ring (bicyclic) bond motifs is 1. The molecule has 3 atom stereocenters. The summed E-state index contributed by atoms with van der Waals surface area (Å²) in [6.07, 6.45) is -1.53. The van der Waals surface area contributed by atoms with E-state index in [9.17, 15) is 28.3 Å². The van der Waals surface area contributed by atoms with Crippen LogP contribution in [0.25, 0.3) is 10.9 Å². The number of amides is 2. The van der Waals surface area contributed by atoms with Gasteiger partial charge in [-0.2, -0.15) is 5.10 Å². The average molecular weight is 522 g/mol. The van der Waals surface area contributed by atoms with E-state index in [1.54, 1.807) is 6.92 Å². The van der Waals surface area contributed by atoms with E-state index in [0.717, 1.165) is 9.58 Å². The molecule has 0 unspecified atom stereocenters. The number of aromatic nitrogens is 3. The Morgan fingerprint density at radius 3 is 2.78 bits per heavy atom. The zero-order chi connectivity index (χ0) is 26.1. The molecule has 1 saturated heterocycles. The number of nitrogens with one attached hydrogen (secondary N) is 1. The monoisotopic (exact) mass is 521 g/mol. The maximum atomic E-state index is 14.7. The molecule has 3 heterocycles. The molecule has 1 fully saturated rings. The molecule has 0 bridgehead atoms. The fourth-order valence-electron chi connectivity index (χ4n) is 4.25. The molecule has 2 N–H and O–H groups in total. The second-order valence-electron chi connectivity index (χ2n) is 8.29. The van der Waals surface area contributed by atoms with E-state index in [2.05, 4.69) is 15.4 Å². The number of alkyl halides is 1. The number of nitrogens with zero attached hydrogens (tertiary/aromatic N) is 4. The number of aromatic carboxylic acids is 1. The van der Waals surface area contributed by atoms with Crippen LogP contribution >= 0.6 is 11.6 Å². The van der Waals surface area contributed by atoms with E-state index in [0.29, 0.717) is 16.6 Å². The Hall–Kier alpha value is -3.64. The molecule has 2 aromatic heterocycles. The van der Waals surface area contributed by atoms with Gasteiger partial charge < -0.3 is 20.1 Å². The van der Waals surface area contributed by atoms with Crippen molar-refractivity contribution in [2.24, 2.45) is 0 Å². The highest BCUT2D eigenvalue weighted by Crippen LogP contribution is 2.26. The molecule has 190 valence electrons. The predicted molar refractivity (Wildman–Crippen MR) is 124 cm³/mol. The summed E-state index contributed by atoms with van der Waals surface area (Å²) in [6, 6.07) is 4.50. The lowest BCUT2D eigenvalue weighted by molar-refractivity contribution is -0.141. The van der Waals surface area contributed by atoms with Gasteiger partial charge in [0.1, 0.15) is 30.7 Å². The smallest absolute Gasteiger partial charge is 0.357 e. The first kappa shape index (κ1) is 25.5. The highest BCUT2D eigenvalue weighted by molar-refractivity contribution is 6.30. The highest BCUT2D eigenvalue weighted by atomic mass is 35.5. The van der Waals surface area contributed by atoms with Crippen molar-refractivity contribution in [3.63, 3.8) is 0 Å². The molecule has 3 aromatic rings. The van der Waals surface area contributed by atoms with E-state index in [1.807, 2.05) is 0 Å². The molecule has 10 nitrogen and oxygen atoms in total. The summed E-state index contributed by atoms with van der Waals surface area (Å²) >= 11 is 5.77. The Bertz CT molecular complexity index is 1350. The minimum Gasteiger partial charge on any atom is -0.476 e. The van der Waals surface area contributed by atoms with Gasteiger partial charge in [-0.1, -0.05) is 23.7 Å². The van der Waals surface area contributed by atoms with Crippen LogP contribution in [0.2, 0.25) is 5.02 Å². The number of pyridine rings is 1. The van der Waals surface area contributed by atoms with Crippen LogP contribution in [0.3, 0.4) is 0 Å². The molecule has 1 aliphatic heterocycles. The van der Waals surface area contributed by atoms with E-state index in [1.165, 1.54) is 37.6 Å². The molecule has 0 aliphatic carbocycles. The standard InChI is InChI=1S/C23H22ClF2N5O5/c1-11-6-13-16(8-27-11)31(29-19(13)23(34)35)10-17(32)30-9-15(25)21(36-2)20(30)22(33)28-7-12-4-3-5-14(24)18(12)26/h3-6,8,15,20-21H,7,9-10H2,1-2H3,(H,28,33)(H,34,35)/t15-,20-,21+/m0/s1. The number of benzene rings is 1. The second kappa shape index (κ2) is 10.2. The van der Waals surface area contributed by atoms with E-state index in [4.69, 9.17) is 16.3 Å². The van der Waals surface area contributed by atoms with Crippen LogP contribution in [0.5, 0.6) is 0 Å². The van der Waals surface area contributed by atoms with E-state index >= 15 is 0 Å². The van der Waals surface area contributed by atoms with Crippen molar-refractivity contribution in [3.8, 4) is 0 Å². The van der Waals surface area contributed by atoms with Gasteiger partial charge >= 0.3 is 5.97 Å². The number of likely N-dealkylation sites (tertiary alicyclic amines) is 1. The molecule has 1 aromatic carbocycles. The Morgan fingerprint density at radius 2 is 2.08 bits per heavy atom. The van der Waals surface area contributed by atoms with Crippen molar-refractivity contribution < 1.29 is 33.0 Å². The third-order valence-corrected chi connectivity index (χ3v) is 6.27. The Morgan fingerprint density at radius 1 is 1.33 bits per heavy atom. The van der Waals surface area contributed by atoms with Gasteiger partial charge in [0.2, 0.25) is 11.8 Å². The van der Waals surface area contributed by atoms with Crippen molar-refractivity contribution in [2.75, 3.05) is 13.7 Å². The number of methoxy groups -OCH3 is 1. The van der Waals surface area contributed by atoms with Gasteiger partial charge in [0.25, 0.3) is 0 Å². The minimum atomic E-state index is -1.66. The molecule has 4 rings (SSSR count). The topological polar surface area (TPSA) is 127 Å². The number of hydrogen-bond acceptors (Lipinski definition) is 6. The summed E-state index contributed by atoms with van der Waals surface area (Å²) in [7, 11) is 1.22. The highest BCUT2D eigenvalue weighted by Gasteiger charge is 2.48. The molecule has 0 saturated carbocycles. The van der Waals surface area contributed by atoms with Crippen molar-refractivity contribution in [1.29, 1.82) is 0 Å². The van der Waals surface area contributed by atoms with Crippen molar-refractivity contribution in [1.82, 2.24) is 25.0 Å². The Kier molecular flexibility index (Phi) is 7.18. The van der Waals surface area contributed by atoms with Gasteiger partial charge in [0.15, 0.2) is 5.69 Å². The molecular weight excluding hydrogens is 500 g/mol. The Labute approximate surface area is 208 Å². The van der Waals surface area contributed by atoms with Gasteiger partial charge in [-0.25, -0.2) is 13.6 Å². The quantitative estimate of drug-likeness (QED) is 0.487. The molecule has 36 heavy (non-hydrogen) atoms. The number of halogens is 3. The van der Waals surface area contributed by atoms with Crippen molar-refractivity contribution in [2.45, 2.75) is 38.3 Å². The summed E-state index contributed by atoms with van der Waals surface area (Å²) in [6.45, 7) is 0.546. The maximum Gasteiger partial charge on any atom is 0.357 e. The van der Waals surface area contributed by atoms with E-state index in [-0.39, 0.29) is 22.8 Å². The number of carboxylic acids is 1. The van der Waals surface area contributed by atoms with Gasteiger partial charge in [0, 0.05) is 30.3 Å². The maximum absolute atomic E-state index is 14.7. The number of rotatable bonds is 7. The summed E-state index contributed by atoms with van der Waals surface area (Å²) in [5.74, 6) is -3.42. The number of aryl methyl sites for hydroxylation is 1. The lowest BCUT2D eigenvalue weighted by Crippen LogP contribution is -2.51. The number of carboxylic acid groups (broad SMARTS) is 1. The summed E-state index contributed by atoms with van der Waals surface area (Å²) < 4.78 is 35.3. The second-order valence-corrected chi connectivity index (χ2v) is 8.70. The average Bonchev–Trinajstić information content (AvgIpc) is 3.36. The van der Waals surface area contributed by atoms with Gasteiger partial charge in [-0.05, 0) is 19.1 Å². The first-order valence-corrected chi connectivity index (χ1v) is 11.2. The molecule has 13 heteroatoms. The fraction of sp³-hybridized carbons (Fsp3) is 0.348. The fourth-order valence-corrected chi connectivity index (χ4v) is 4.44. The number of carbonyl (C=O) groups excluding carboxylic acids is 2. The zero-order valence-electron chi connectivity index (χ0n) is 19.2. The summed E-state index contributed by atoms with van der Waals surface area (Å²) in [5, 5.41) is 16.2. The van der Waals surface area contributed by atoms with E-state index < -0.39 is 55.0 Å². The predicted octanol–water partition coefficient (Wildman–Crippen LogP) is 2.11. The summed E-state index contributed by atoms with van der Waals surface area (Å²) in [5.41, 5.74) is 0.708. The van der Waals surface area contributed by atoms with Gasteiger partial charge in [0.05, 0.1) is 23.3 Å². The normalized spacial score (nSPS) is 19.6. The first-order chi connectivity index (χ1) is 17.1. The first-order valence-electron chi connectivity index (χ1n) is 10.9. The minimum absolute atomic E-state index is 0.115. The lowest BCUT2D eigenvalue weighted by atomic mass is 10.1. The number of carbonyl (C=O) groups is 3.